The maximum atomic E-state index is 13.0. The molecule has 0 unspecified atom stereocenters. The third-order valence-corrected chi connectivity index (χ3v) is 6.30. The number of nitrogens with one attached hydrogen (secondary N) is 1. The van der Waals surface area contributed by atoms with Gasteiger partial charge in [0.05, 0.1) is 26.6 Å². The fourth-order valence-electron chi connectivity index (χ4n) is 2.76. The van der Waals surface area contributed by atoms with Gasteiger partial charge >= 0.3 is 0 Å². The van der Waals surface area contributed by atoms with E-state index in [0.29, 0.717) is 27.7 Å². The van der Waals surface area contributed by atoms with Crippen LogP contribution in [-0.2, 0) is 10.0 Å². The van der Waals surface area contributed by atoms with Crippen molar-refractivity contribution in [3.63, 3.8) is 0 Å². The van der Waals surface area contributed by atoms with Crippen LogP contribution in [0.1, 0.15) is 0 Å². The number of H-pyrrole nitrogens is 1. The highest BCUT2D eigenvalue weighted by Crippen LogP contribution is 2.30. The highest BCUT2D eigenvalue weighted by molar-refractivity contribution is 7.92. The minimum Gasteiger partial charge on any atom is -0.337 e. The first-order chi connectivity index (χ1) is 13.0. The standard InChI is InChI=1S/C19H15ClN4O2S/c1-24(18-8-3-2-6-14(18)20)27(25,26)13-9-10-15-17(12-13)23-19(22-15)16-7-4-5-11-21-16/h2-12H,1H3,(H,22,23). The molecule has 6 nitrogen and oxygen atoms in total. The summed E-state index contributed by atoms with van der Waals surface area (Å²) >= 11 is 6.15. The first-order valence-corrected chi connectivity index (χ1v) is 9.93. The lowest BCUT2D eigenvalue weighted by molar-refractivity contribution is 0.594. The summed E-state index contributed by atoms with van der Waals surface area (Å²) in [6, 6.07) is 17.1. The molecule has 4 rings (SSSR count). The van der Waals surface area contributed by atoms with Crippen LogP contribution in [0.4, 0.5) is 5.69 Å². The Morgan fingerprint density at radius 1 is 1.04 bits per heavy atom. The van der Waals surface area contributed by atoms with Crippen LogP contribution >= 0.6 is 11.6 Å². The first kappa shape index (κ1) is 17.5. The average molecular weight is 399 g/mol. The van der Waals surface area contributed by atoms with Gasteiger partial charge in [0.1, 0.15) is 5.69 Å². The predicted molar refractivity (Wildman–Crippen MR) is 106 cm³/mol. The van der Waals surface area contributed by atoms with Gasteiger partial charge in [-0.2, -0.15) is 0 Å². The third-order valence-electron chi connectivity index (χ3n) is 4.21. The van der Waals surface area contributed by atoms with E-state index in [9.17, 15) is 8.42 Å². The van der Waals surface area contributed by atoms with Gasteiger partial charge in [-0.3, -0.25) is 9.29 Å². The number of pyridine rings is 1. The van der Waals surface area contributed by atoms with Gasteiger partial charge in [0.15, 0.2) is 5.82 Å². The monoisotopic (exact) mass is 398 g/mol. The number of aromatic nitrogens is 3. The number of rotatable bonds is 4. The normalized spacial score (nSPS) is 11.6. The van der Waals surface area contributed by atoms with E-state index in [-0.39, 0.29) is 4.90 Å². The van der Waals surface area contributed by atoms with Gasteiger partial charge in [-0.25, -0.2) is 13.4 Å². The number of hydrogen-bond donors (Lipinski definition) is 1. The Kier molecular flexibility index (Phi) is 4.33. The SMILES string of the molecule is CN(c1ccccc1Cl)S(=O)(=O)c1ccc2[nH]c(-c3ccccn3)nc2c1. The molecule has 2 aromatic carbocycles. The molecule has 0 aliphatic carbocycles. The zero-order valence-electron chi connectivity index (χ0n) is 14.3. The molecule has 27 heavy (non-hydrogen) atoms. The summed E-state index contributed by atoms with van der Waals surface area (Å²) in [5.74, 6) is 0.583. The van der Waals surface area contributed by atoms with Crippen LogP contribution in [0.2, 0.25) is 5.02 Å². The average Bonchev–Trinajstić information content (AvgIpc) is 3.12. The van der Waals surface area contributed by atoms with Crippen LogP contribution in [-0.4, -0.2) is 30.4 Å². The molecule has 0 amide bonds. The zero-order chi connectivity index (χ0) is 19.0. The summed E-state index contributed by atoms with van der Waals surface area (Å²) in [5.41, 5.74) is 2.38. The topological polar surface area (TPSA) is 79.0 Å². The lowest BCUT2D eigenvalue weighted by atomic mass is 10.3. The highest BCUT2D eigenvalue weighted by atomic mass is 35.5. The number of halogens is 1. The minimum atomic E-state index is -3.78. The molecular formula is C19H15ClN4O2S. The summed E-state index contributed by atoms with van der Waals surface area (Å²) in [4.78, 5) is 12.0. The lowest BCUT2D eigenvalue weighted by Crippen LogP contribution is -2.26. The van der Waals surface area contributed by atoms with E-state index in [0.717, 1.165) is 5.52 Å². The molecular weight excluding hydrogens is 384 g/mol. The van der Waals surface area contributed by atoms with Crippen molar-refractivity contribution in [1.29, 1.82) is 0 Å². The Morgan fingerprint density at radius 3 is 2.56 bits per heavy atom. The number of sulfonamides is 1. The van der Waals surface area contributed by atoms with Gasteiger partial charge in [0.25, 0.3) is 10.0 Å². The number of para-hydroxylation sites is 1. The summed E-state index contributed by atoms with van der Waals surface area (Å²) in [7, 11) is -2.31. The van der Waals surface area contributed by atoms with E-state index in [1.54, 1.807) is 48.7 Å². The predicted octanol–water partition coefficient (Wildman–Crippen LogP) is 4.10. The van der Waals surface area contributed by atoms with Crippen LogP contribution in [0.15, 0.2) is 71.8 Å². The van der Waals surface area contributed by atoms with Gasteiger partial charge in [0, 0.05) is 13.2 Å². The smallest absolute Gasteiger partial charge is 0.264 e. The summed E-state index contributed by atoms with van der Waals surface area (Å²) in [5, 5.41) is 0.363. The molecule has 0 radical (unpaired) electrons. The Hall–Kier alpha value is -2.90. The van der Waals surface area contributed by atoms with E-state index in [1.165, 1.54) is 11.4 Å². The van der Waals surface area contributed by atoms with Crippen LogP contribution in [0, 0.1) is 0 Å². The van der Waals surface area contributed by atoms with Crippen LogP contribution in [0.5, 0.6) is 0 Å². The van der Waals surface area contributed by atoms with Crippen molar-refractivity contribution in [2.45, 2.75) is 4.90 Å². The summed E-state index contributed by atoms with van der Waals surface area (Å²) in [6.07, 6.45) is 1.68. The first-order valence-electron chi connectivity index (χ1n) is 8.11. The second-order valence-electron chi connectivity index (χ2n) is 5.90. The molecule has 0 aliphatic heterocycles. The summed E-state index contributed by atoms with van der Waals surface area (Å²) < 4.78 is 27.2. The molecule has 2 aromatic heterocycles. The Balaban J connectivity index is 1.76. The number of benzene rings is 2. The molecule has 136 valence electrons. The number of nitrogens with zero attached hydrogens (tertiary/aromatic N) is 3. The van der Waals surface area contributed by atoms with Crippen molar-refractivity contribution in [2.24, 2.45) is 0 Å². The van der Waals surface area contributed by atoms with Gasteiger partial charge in [-0.05, 0) is 42.5 Å². The van der Waals surface area contributed by atoms with Gasteiger partial charge < -0.3 is 4.98 Å². The molecule has 0 bridgehead atoms. The second kappa shape index (κ2) is 6.68. The molecule has 0 saturated carbocycles. The molecule has 0 saturated heterocycles. The Morgan fingerprint density at radius 2 is 1.81 bits per heavy atom. The zero-order valence-corrected chi connectivity index (χ0v) is 15.9. The van der Waals surface area contributed by atoms with Crippen molar-refractivity contribution < 1.29 is 8.42 Å². The van der Waals surface area contributed by atoms with Gasteiger partial charge in [-0.1, -0.05) is 29.8 Å². The lowest BCUT2D eigenvalue weighted by Gasteiger charge is -2.20. The highest BCUT2D eigenvalue weighted by Gasteiger charge is 2.23. The van der Waals surface area contributed by atoms with E-state index in [1.807, 2.05) is 18.2 Å². The maximum absolute atomic E-state index is 13.0. The molecule has 4 aromatic rings. The molecule has 2 heterocycles. The molecule has 1 N–H and O–H groups in total. The van der Waals surface area contributed by atoms with Crippen molar-refractivity contribution >= 4 is 38.3 Å². The Bertz CT molecular complexity index is 1220. The van der Waals surface area contributed by atoms with Crippen molar-refractivity contribution in [2.75, 3.05) is 11.4 Å². The number of imidazole rings is 1. The summed E-state index contributed by atoms with van der Waals surface area (Å²) in [6.45, 7) is 0. The molecule has 0 fully saturated rings. The van der Waals surface area contributed by atoms with Crippen LogP contribution in [0.25, 0.3) is 22.6 Å². The fourth-order valence-corrected chi connectivity index (χ4v) is 4.31. The van der Waals surface area contributed by atoms with E-state index in [4.69, 9.17) is 11.6 Å². The van der Waals surface area contributed by atoms with E-state index >= 15 is 0 Å². The molecule has 0 aliphatic rings. The van der Waals surface area contributed by atoms with Crippen LogP contribution in [0.3, 0.4) is 0 Å². The van der Waals surface area contributed by atoms with E-state index < -0.39 is 10.0 Å². The van der Waals surface area contributed by atoms with Crippen LogP contribution < -0.4 is 4.31 Å². The largest absolute Gasteiger partial charge is 0.337 e. The van der Waals surface area contributed by atoms with Gasteiger partial charge in [0.2, 0.25) is 0 Å². The molecule has 0 spiro atoms. The number of aromatic amines is 1. The quantitative estimate of drug-likeness (QED) is 0.561. The van der Waals surface area contributed by atoms with Crippen molar-refractivity contribution in [1.82, 2.24) is 15.0 Å². The van der Waals surface area contributed by atoms with Crippen molar-refractivity contribution in [3.8, 4) is 11.5 Å². The van der Waals surface area contributed by atoms with Gasteiger partial charge in [-0.15, -0.1) is 0 Å². The fraction of sp³-hybridized carbons (Fsp3) is 0.0526. The molecule has 8 heteroatoms. The minimum absolute atomic E-state index is 0.136. The number of hydrogen-bond acceptors (Lipinski definition) is 4. The molecule has 0 atom stereocenters. The van der Waals surface area contributed by atoms with E-state index in [2.05, 4.69) is 15.0 Å². The number of anilines is 1. The Labute approximate surface area is 161 Å². The maximum Gasteiger partial charge on any atom is 0.264 e. The van der Waals surface area contributed by atoms with Crippen molar-refractivity contribution in [3.05, 3.63) is 71.9 Å². The second-order valence-corrected chi connectivity index (χ2v) is 8.28. The number of fused-ring (bicyclic) bond motifs is 1. The third kappa shape index (κ3) is 3.15.